The van der Waals surface area contributed by atoms with Crippen molar-refractivity contribution in [3.05, 3.63) is 17.5 Å². The van der Waals surface area contributed by atoms with Crippen LogP contribution in [0.4, 0.5) is 0 Å². The van der Waals surface area contributed by atoms with E-state index in [1.165, 1.54) is 0 Å². The van der Waals surface area contributed by atoms with Crippen molar-refractivity contribution in [2.45, 2.75) is 33.2 Å². The van der Waals surface area contributed by atoms with Crippen LogP contribution in [0.1, 0.15) is 31.0 Å². The lowest BCUT2D eigenvalue weighted by molar-refractivity contribution is 0.729. The monoisotopic (exact) mass is 238 g/mol. The zero-order valence-electron chi connectivity index (χ0n) is 10.8. The second-order valence-electron chi connectivity index (χ2n) is 3.97. The average molecular weight is 238 g/mol. The van der Waals surface area contributed by atoms with Crippen LogP contribution in [0.25, 0.3) is 0 Å². The van der Waals surface area contributed by atoms with Crippen LogP contribution in [-0.2, 0) is 13.6 Å². The van der Waals surface area contributed by atoms with Gasteiger partial charge in [-0.25, -0.2) is 10.8 Å². The summed E-state index contributed by atoms with van der Waals surface area (Å²) in [5, 5.41) is 7.32. The van der Waals surface area contributed by atoms with Crippen LogP contribution in [0.15, 0.2) is 11.2 Å². The van der Waals surface area contributed by atoms with Gasteiger partial charge in [0.2, 0.25) is 5.96 Å². The lowest BCUT2D eigenvalue weighted by atomic mass is 10.3. The first kappa shape index (κ1) is 13.5. The minimum absolute atomic E-state index is 0.582. The van der Waals surface area contributed by atoms with E-state index >= 15 is 0 Å². The molecule has 0 fully saturated rings. The smallest absolute Gasteiger partial charge is 0.206 e. The minimum Gasteiger partial charge on any atom is -0.355 e. The second kappa shape index (κ2) is 6.90. The quantitative estimate of drug-likeness (QED) is 0.229. The van der Waals surface area contributed by atoms with Gasteiger partial charge in [-0.15, -0.1) is 0 Å². The molecule has 0 aliphatic carbocycles. The van der Waals surface area contributed by atoms with Crippen molar-refractivity contribution in [2.24, 2.45) is 17.9 Å². The molecule has 0 bridgehead atoms. The van der Waals surface area contributed by atoms with Gasteiger partial charge < -0.3 is 5.32 Å². The molecule has 0 aliphatic rings. The van der Waals surface area contributed by atoms with Gasteiger partial charge in [0.15, 0.2) is 0 Å². The van der Waals surface area contributed by atoms with Gasteiger partial charge in [-0.1, -0.05) is 13.3 Å². The summed E-state index contributed by atoms with van der Waals surface area (Å²) in [5.41, 5.74) is 4.80. The van der Waals surface area contributed by atoms with Crippen LogP contribution < -0.4 is 16.6 Å². The van der Waals surface area contributed by atoms with E-state index in [1.54, 1.807) is 0 Å². The summed E-state index contributed by atoms with van der Waals surface area (Å²) in [4.78, 5) is 4.37. The molecule has 1 aromatic rings. The van der Waals surface area contributed by atoms with E-state index < -0.39 is 0 Å². The number of hydrogen-bond donors (Lipinski definition) is 3. The van der Waals surface area contributed by atoms with Crippen LogP contribution in [-0.4, -0.2) is 22.3 Å². The molecule has 1 rings (SSSR count). The molecule has 4 N–H and O–H groups in total. The fourth-order valence-electron chi connectivity index (χ4n) is 1.40. The first-order valence-electron chi connectivity index (χ1n) is 5.91. The van der Waals surface area contributed by atoms with Crippen LogP contribution in [0.2, 0.25) is 0 Å². The van der Waals surface area contributed by atoms with Crippen molar-refractivity contribution in [1.82, 2.24) is 20.5 Å². The molecule has 96 valence electrons. The first-order chi connectivity index (χ1) is 8.19. The number of aryl methyl sites for hydroxylation is 1. The largest absolute Gasteiger partial charge is 0.355 e. The molecule has 0 radical (unpaired) electrons. The third kappa shape index (κ3) is 4.07. The Labute approximate surface area is 102 Å². The van der Waals surface area contributed by atoms with E-state index in [0.29, 0.717) is 12.5 Å². The Kier molecular flexibility index (Phi) is 5.48. The Morgan fingerprint density at radius 2 is 2.35 bits per heavy atom. The minimum atomic E-state index is 0.582. The standard InChI is InChI=1S/C11H22N6/c1-4-5-6-13-11(16-12)14-7-10-8-15-17(3)9(10)2/h8H,4-7,12H2,1-3H3,(H2,13,14,16). The van der Waals surface area contributed by atoms with Crippen LogP contribution in [0, 0.1) is 6.92 Å². The number of hydrogen-bond acceptors (Lipinski definition) is 3. The highest BCUT2D eigenvalue weighted by Gasteiger charge is 2.03. The fourth-order valence-corrected chi connectivity index (χ4v) is 1.40. The van der Waals surface area contributed by atoms with Crippen LogP contribution in [0.3, 0.4) is 0 Å². The van der Waals surface area contributed by atoms with Crippen LogP contribution >= 0.6 is 0 Å². The van der Waals surface area contributed by atoms with E-state index in [4.69, 9.17) is 5.84 Å². The van der Waals surface area contributed by atoms with Gasteiger partial charge in [0.05, 0.1) is 12.7 Å². The van der Waals surface area contributed by atoms with Crippen molar-refractivity contribution in [2.75, 3.05) is 6.54 Å². The van der Waals surface area contributed by atoms with Crippen molar-refractivity contribution in [3.63, 3.8) is 0 Å². The van der Waals surface area contributed by atoms with Gasteiger partial charge >= 0.3 is 0 Å². The van der Waals surface area contributed by atoms with Crippen molar-refractivity contribution in [1.29, 1.82) is 0 Å². The van der Waals surface area contributed by atoms with E-state index in [-0.39, 0.29) is 0 Å². The SMILES string of the molecule is CCCCNC(=NCc1cnn(C)c1C)NN. The number of aliphatic imine (C=N–C) groups is 1. The molecule has 6 heteroatoms. The highest BCUT2D eigenvalue weighted by atomic mass is 15.3. The lowest BCUT2D eigenvalue weighted by Crippen LogP contribution is -2.41. The highest BCUT2D eigenvalue weighted by molar-refractivity contribution is 5.79. The Balaban J connectivity index is 2.52. The molecule has 17 heavy (non-hydrogen) atoms. The summed E-state index contributed by atoms with van der Waals surface area (Å²) in [6.45, 7) is 5.63. The molecule has 0 aliphatic heterocycles. The topological polar surface area (TPSA) is 80.3 Å². The number of nitrogens with two attached hydrogens (primary N) is 1. The van der Waals surface area contributed by atoms with Crippen molar-refractivity contribution in [3.8, 4) is 0 Å². The molecule has 0 aromatic carbocycles. The van der Waals surface area contributed by atoms with Gasteiger partial charge in [0, 0.05) is 24.8 Å². The zero-order chi connectivity index (χ0) is 12.7. The molecular weight excluding hydrogens is 216 g/mol. The van der Waals surface area contributed by atoms with Gasteiger partial charge in [-0.05, 0) is 13.3 Å². The average Bonchev–Trinajstić information content (AvgIpc) is 2.65. The number of aromatic nitrogens is 2. The lowest BCUT2D eigenvalue weighted by Gasteiger charge is -2.08. The summed E-state index contributed by atoms with van der Waals surface area (Å²) in [7, 11) is 1.92. The maximum Gasteiger partial charge on any atom is 0.206 e. The van der Waals surface area contributed by atoms with Gasteiger partial charge in [-0.2, -0.15) is 5.10 Å². The Morgan fingerprint density at radius 3 is 2.88 bits per heavy atom. The Hall–Kier alpha value is -1.56. The van der Waals surface area contributed by atoms with E-state index in [9.17, 15) is 0 Å². The van der Waals surface area contributed by atoms with E-state index in [1.807, 2.05) is 24.9 Å². The molecule has 1 aromatic heterocycles. The molecule has 0 spiro atoms. The molecular formula is C11H22N6. The molecule has 1 heterocycles. The summed E-state index contributed by atoms with van der Waals surface area (Å²) in [6.07, 6.45) is 4.08. The summed E-state index contributed by atoms with van der Waals surface area (Å²) >= 11 is 0. The van der Waals surface area contributed by atoms with Gasteiger partial charge in [0.25, 0.3) is 0 Å². The molecule has 0 saturated heterocycles. The number of guanidine groups is 1. The van der Waals surface area contributed by atoms with Crippen molar-refractivity contribution < 1.29 is 0 Å². The van der Waals surface area contributed by atoms with Crippen molar-refractivity contribution >= 4 is 5.96 Å². The molecule has 0 unspecified atom stereocenters. The third-order valence-corrected chi connectivity index (χ3v) is 2.70. The maximum atomic E-state index is 5.40. The predicted molar refractivity (Wildman–Crippen MR) is 69.3 cm³/mol. The molecule has 0 amide bonds. The molecule has 6 nitrogen and oxygen atoms in total. The van der Waals surface area contributed by atoms with Gasteiger partial charge in [-0.3, -0.25) is 10.1 Å². The Morgan fingerprint density at radius 1 is 1.59 bits per heavy atom. The summed E-state index contributed by atoms with van der Waals surface area (Å²) in [5.74, 6) is 6.02. The summed E-state index contributed by atoms with van der Waals surface area (Å²) < 4.78 is 1.84. The highest BCUT2D eigenvalue weighted by Crippen LogP contribution is 2.06. The maximum absolute atomic E-state index is 5.40. The summed E-state index contributed by atoms with van der Waals surface area (Å²) in [6, 6.07) is 0. The number of rotatable bonds is 5. The van der Waals surface area contributed by atoms with Crippen LogP contribution in [0.5, 0.6) is 0 Å². The number of hydrazine groups is 1. The number of nitrogens with zero attached hydrogens (tertiary/aromatic N) is 3. The predicted octanol–water partition coefficient (Wildman–Crippen LogP) is 0.438. The normalized spacial score (nSPS) is 11.6. The van der Waals surface area contributed by atoms with E-state index in [0.717, 1.165) is 30.6 Å². The number of nitrogens with one attached hydrogen (secondary N) is 2. The third-order valence-electron chi connectivity index (χ3n) is 2.70. The zero-order valence-corrected chi connectivity index (χ0v) is 10.8. The molecule has 0 atom stereocenters. The Bertz CT molecular complexity index is 368. The number of unbranched alkanes of at least 4 members (excludes halogenated alkanes) is 1. The van der Waals surface area contributed by atoms with E-state index in [2.05, 4.69) is 27.8 Å². The molecule has 0 saturated carbocycles. The second-order valence-corrected chi connectivity index (χ2v) is 3.97. The first-order valence-corrected chi connectivity index (χ1v) is 5.91. The van der Waals surface area contributed by atoms with Gasteiger partial charge in [0.1, 0.15) is 0 Å². The fraction of sp³-hybridized carbons (Fsp3) is 0.636.